The zero-order valence-electron chi connectivity index (χ0n) is 16.6. The minimum absolute atomic E-state index is 0.0547. The van der Waals surface area contributed by atoms with Crippen molar-refractivity contribution in [1.29, 1.82) is 0 Å². The van der Waals surface area contributed by atoms with Crippen molar-refractivity contribution in [1.82, 2.24) is 0 Å². The number of benzene rings is 2. The molecular weight excluding hydrogens is 396 g/mol. The predicted molar refractivity (Wildman–Crippen MR) is 103 cm³/mol. The molecule has 30 heavy (non-hydrogen) atoms. The number of aliphatic hydroxyl groups excluding tert-OH is 1. The van der Waals surface area contributed by atoms with Crippen molar-refractivity contribution in [2.75, 3.05) is 34.7 Å². The number of ether oxygens (including phenoxy) is 6. The summed E-state index contributed by atoms with van der Waals surface area (Å²) in [6.45, 7) is -0.532. The first-order valence-corrected chi connectivity index (χ1v) is 9.00. The molecule has 0 aliphatic carbocycles. The molecule has 0 saturated carbocycles. The topological polar surface area (TPSA) is 113 Å². The Kier molecular flexibility index (Phi) is 5.04. The quantitative estimate of drug-likeness (QED) is 0.732. The first-order valence-electron chi connectivity index (χ1n) is 9.00. The second-order valence-corrected chi connectivity index (χ2v) is 6.54. The lowest BCUT2D eigenvalue weighted by atomic mass is 9.81. The van der Waals surface area contributed by atoms with Gasteiger partial charge in [0.25, 0.3) is 0 Å². The fraction of sp³-hybridized carbons (Fsp3) is 0.286. The molecule has 2 aromatic carbocycles. The third-order valence-corrected chi connectivity index (χ3v) is 5.03. The van der Waals surface area contributed by atoms with Crippen LogP contribution in [0.4, 0.5) is 0 Å². The molecule has 158 valence electrons. The van der Waals surface area contributed by atoms with Crippen LogP contribution in [-0.2, 0) is 4.79 Å². The van der Waals surface area contributed by atoms with Gasteiger partial charge in [0, 0.05) is 17.5 Å². The summed E-state index contributed by atoms with van der Waals surface area (Å²) < 4.78 is 32.8. The molecule has 0 spiro atoms. The van der Waals surface area contributed by atoms with E-state index in [9.17, 15) is 15.0 Å². The largest absolute Gasteiger partial charge is 0.493 e. The number of aliphatic carboxylic acids is 1. The lowest BCUT2D eigenvalue weighted by Crippen LogP contribution is -2.24. The summed E-state index contributed by atoms with van der Waals surface area (Å²) in [5.41, 5.74) is 0.998. The second-order valence-electron chi connectivity index (χ2n) is 6.54. The summed E-state index contributed by atoms with van der Waals surface area (Å²) in [6.07, 6.45) is 0. The van der Waals surface area contributed by atoms with Crippen molar-refractivity contribution in [3.8, 4) is 34.5 Å². The molecule has 1 atom stereocenters. The van der Waals surface area contributed by atoms with E-state index in [4.69, 9.17) is 28.4 Å². The fourth-order valence-electron chi connectivity index (χ4n) is 3.73. The van der Waals surface area contributed by atoms with Crippen LogP contribution in [0, 0.1) is 0 Å². The van der Waals surface area contributed by atoms with Crippen LogP contribution in [0.3, 0.4) is 0 Å². The summed E-state index contributed by atoms with van der Waals surface area (Å²) in [5, 5.41) is 19.8. The van der Waals surface area contributed by atoms with Crippen molar-refractivity contribution >= 4 is 5.97 Å². The van der Waals surface area contributed by atoms with E-state index < -0.39 is 18.5 Å². The number of rotatable bonds is 6. The van der Waals surface area contributed by atoms with Gasteiger partial charge in [0.05, 0.1) is 26.9 Å². The first kappa shape index (κ1) is 19.7. The van der Waals surface area contributed by atoms with Crippen LogP contribution in [0.1, 0.15) is 17.0 Å². The molecule has 9 heteroatoms. The maximum atomic E-state index is 12.2. The number of aliphatic hydroxyl groups is 1. The van der Waals surface area contributed by atoms with Crippen LogP contribution in [0.15, 0.2) is 35.6 Å². The normalized spacial score (nSPS) is 16.6. The Hall–Kier alpha value is -3.59. The summed E-state index contributed by atoms with van der Waals surface area (Å²) in [4.78, 5) is 12.2. The molecule has 2 aromatic rings. The minimum Gasteiger partial charge on any atom is -0.493 e. The van der Waals surface area contributed by atoms with Crippen molar-refractivity contribution in [2.45, 2.75) is 5.92 Å². The SMILES string of the molecule is COc1cc(C2C(C(=O)O)=C(CO)Oc3cc4c(cc32)OCO4)cc(OC)c1OC. The van der Waals surface area contributed by atoms with Crippen LogP contribution < -0.4 is 28.4 Å². The predicted octanol–water partition coefficient (Wildman–Crippen LogP) is 2.30. The fourth-order valence-corrected chi connectivity index (χ4v) is 3.73. The van der Waals surface area contributed by atoms with Crippen LogP contribution >= 0.6 is 0 Å². The van der Waals surface area contributed by atoms with E-state index in [1.165, 1.54) is 21.3 Å². The highest BCUT2D eigenvalue weighted by Gasteiger charge is 2.37. The molecule has 0 amide bonds. The number of hydrogen-bond donors (Lipinski definition) is 2. The molecule has 0 aromatic heterocycles. The van der Waals surface area contributed by atoms with Gasteiger partial charge in [-0.15, -0.1) is 0 Å². The van der Waals surface area contributed by atoms with Crippen LogP contribution in [0.5, 0.6) is 34.5 Å². The van der Waals surface area contributed by atoms with Gasteiger partial charge in [0.2, 0.25) is 12.5 Å². The highest BCUT2D eigenvalue weighted by Crippen LogP contribution is 2.51. The van der Waals surface area contributed by atoms with Gasteiger partial charge < -0.3 is 38.6 Å². The molecule has 2 N–H and O–H groups in total. The third-order valence-electron chi connectivity index (χ3n) is 5.03. The summed E-state index contributed by atoms with van der Waals surface area (Å²) in [6, 6.07) is 6.65. The van der Waals surface area contributed by atoms with E-state index >= 15 is 0 Å². The number of hydrogen-bond acceptors (Lipinski definition) is 8. The van der Waals surface area contributed by atoms with Gasteiger partial charge in [-0.25, -0.2) is 4.79 Å². The molecule has 2 heterocycles. The molecule has 9 nitrogen and oxygen atoms in total. The van der Waals surface area contributed by atoms with E-state index in [0.717, 1.165) is 0 Å². The zero-order chi connectivity index (χ0) is 21.4. The second kappa shape index (κ2) is 7.68. The van der Waals surface area contributed by atoms with Gasteiger partial charge in [0.1, 0.15) is 18.1 Å². The van der Waals surface area contributed by atoms with Gasteiger partial charge in [-0.3, -0.25) is 0 Å². The molecule has 1 unspecified atom stereocenters. The van der Waals surface area contributed by atoms with Crippen molar-refractivity contribution in [3.63, 3.8) is 0 Å². The molecule has 0 bridgehead atoms. The Balaban J connectivity index is 1.99. The van der Waals surface area contributed by atoms with Gasteiger partial charge >= 0.3 is 5.97 Å². The van der Waals surface area contributed by atoms with Gasteiger partial charge in [-0.05, 0) is 23.8 Å². The highest BCUT2D eigenvalue weighted by atomic mass is 16.7. The third kappa shape index (κ3) is 3.03. The van der Waals surface area contributed by atoms with Gasteiger partial charge in [-0.1, -0.05) is 0 Å². The maximum Gasteiger partial charge on any atom is 0.336 e. The average molecular weight is 416 g/mol. The van der Waals surface area contributed by atoms with Gasteiger partial charge in [0.15, 0.2) is 23.0 Å². The van der Waals surface area contributed by atoms with E-state index in [1.54, 1.807) is 24.3 Å². The Morgan fingerprint density at radius 3 is 2.17 bits per heavy atom. The number of carboxylic acid groups (broad SMARTS) is 1. The highest BCUT2D eigenvalue weighted by molar-refractivity contribution is 5.91. The number of fused-ring (bicyclic) bond motifs is 2. The Bertz CT molecular complexity index is 1020. The van der Waals surface area contributed by atoms with E-state index in [-0.39, 0.29) is 18.1 Å². The smallest absolute Gasteiger partial charge is 0.336 e. The molecule has 2 aliphatic heterocycles. The Morgan fingerprint density at radius 2 is 1.63 bits per heavy atom. The number of methoxy groups -OCH3 is 3. The van der Waals surface area contributed by atoms with E-state index in [1.807, 2.05) is 0 Å². The van der Waals surface area contributed by atoms with E-state index in [0.29, 0.717) is 45.6 Å². The minimum atomic E-state index is -1.22. The molecule has 0 fully saturated rings. The number of carbonyl (C=O) groups is 1. The molecular formula is C21H20O9. The molecule has 0 radical (unpaired) electrons. The van der Waals surface area contributed by atoms with Crippen LogP contribution in [0.2, 0.25) is 0 Å². The maximum absolute atomic E-state index is 12.2. The van der Waals surface area contributed by atoms with Crippen molar-refractivity contribution in [3.05, 3.63) is 46.7 Å². The first-order chi connectivity index (χ1) is 14.5. The summed E-state index contributed by atoms with van der Waals surface area (Å²) >= 11 is 0. The van der Waals surface area contributed by atoms with Crippen molar-refractivity contribution < 1.29 is 43.4 Å². The van der Waals surface area contributed by atoms with Crippen LogP contribution in [0.25, 0.3) is 0 Å². The zero-order valence-corrected chi connectivity index (χ0v) is 16.6. The molecule has 4 rings (SSSR count). The Labute approximate surface area is 172 Å². The molecule has 0 saturated heterocycles. The lowest BCUT2D eigenvalue weighted by Gasteiger charge is -2.29. The summed E-state index contributed by atoms with van der Waals surface area (Å²) in [5.74, 6) is 0.370. The monoisotopic (exact) mass is 416 g/mol. The summed E-state index contributed by atoms with van der Waals surface area (Å²) in [7, 11) is 4.44. The average Bonchev–Trinajstić information content (AvgIpc) is 3.22. The standard InChI is InChI=1S/C21H20O9/c1-25-15-4-10(5-16(26-2)20(15)27-3)18-11-6-13-14(29-9-28-13)7-12(11)30-17(8-22)19(18)21(23)24/h4-7,18,22H,8-9H2,1-3H3,(H,23,24). The van der Waals surface area contributed by atoms with Crippen LogP contribution in [-0.4, -0.2) is 50.9 Å². The van der Waals surface area contributed by atoms with Gasteiger partial charge in [-0.2, -0.15) is 0 Å². The van der Waals surface area contributed by atoms with E-state index in [2.05, 4.69) is 0 Å². The lowest BCUT2D eigenvalue weighted by molar-refractivity contribution is -0.133. The van der Waals surface area contributed by atoms with Crippen molar-refractivity contribution in [2.24, 2.45) is 0 Å². The molecule has 2 aliphatic rings. The number of carboxylic acids is 1. The Morgan fingerprint density at radius 1 is 1.00 bits per heavy atom.